The Morgan fingerprint density at radius 2 is 1.79 bits per heavy atom. The third-order valence-corrected chi connectivity index (χ3v) is 9.75. The van der Waals surface area contributed by atoms with Crippen molar-refractivity contribution in [1.29, 1.82) is 0 Å². The first-order chi connectivity index (χ1) is 20.2. The molecule has 5 fully saturated rings. The number of ketones is 1. The maximum Gasteiger partial charge on any atom is 0.248 e. The molecule has 1 spiro atoms. The normalized spacial score (nSPS) is 35.4. The highest BCUT2D eigenvalue weighted by Gasteiger charge is 2.69. The summed E-state index contributed by atoms with van der Waals surface area (Å²) in [5.74, 6) is -0.329. The summed E-state index contributed by atoms with van der Waals surface area (Å²) in [6.45, 7) is 6.39. The lowest BCUT2D eigenvalue weighted by molar-refractivity contribution is -0.571. The number of nitrogens with one attached hydrogen (secondary N) is 1. The minimum atomic E-state index is -0.858. The zero-order valence-electron chi connectivity index (χ0n) is 24.2. The van der Waals surface area contributed by atoms with Crippen molar-refractivity contribution in [2.75, 3.05) is 6.61 Å². The molecule has 9 heteroatoms. The topological polar surface area (TPSA) is 92.3 Å². The van der Waals surface area contributed by atoms with Crippen molar-refractivity contribution in [3.63, 3.8) is 0 Å². The van der Waals surface area contributed by atoms with Crippen LogP contribution in [0.25, 0.3) is 6.08 Å². The summed E-state index contributed by atoms with van der Waals surface area (Å²) < 4.78 is 18.5. The number of benzene rings is 2. The molecule has 4 heterocycles. The minimum Gasteiger partial charge on any atom is -0.367 e. The molecule has 1 N–H and O–H groups in total. The fourth-order valence-corrected chi connectivity index (χ4v) is 7.26. The summed E-state index contributed by atoms with van der Waals surface area (Å²) >= 11 is 5.91. The van der Waals surface area contributed by atoms with Crippen LogP contribution in [0.5, 0.6) is 0 Å². The van der Waals surface area contributed by atoms with Crippen molar-refractivity contribution < 1.29 is 33.6 Å². The first-order valence-electron chi connectivity index (χ1n) is 14.8. The molecule has 0 radical (unpaired) electrons. The number of allylic oxidation sites excluding steroid dienone is 1. The number of carbonyl (C=O) groups is 2. The second-order valence-corrected chi connectivity index (χ2v) is 12.8. The van der Waals surface area contributed by atoms with Crippen LogP contribution in [0, 0.1) is 23.7 Å². The van der Waals surface area contributed by atoms with E-state index in [9.17, 15) is 9.59 Å². The van der Waals surface area contributed by atoms with Crippen LogP contribution in [0.3, 0.4) is 0 Å². The Hall–Kier alpha value is -2.59. The molecule has 42 heavy (non-hydrogen) atoms. The second kappa shape index (κ2) is 11.8. The molecule has 1 amide bonds. The third-order valence-electron chi connectivity index (χ3n) is 9.50. The number of fused-ring (bicyclic) bond motifs is 2. The van der Waals surface area contributed by atoms with E-state index in [4.69, 9.17) is 35.6 Å². The van der Waals surface area contributed by atoms with Gasteiger partial charge in [0.15, 0.2) is 17.7 Å². The lowest BCUT2D eigenvalue weighted by Gasteiger charge is -2.60. The molecule has 224 valence electrons. The molecule has 2 aromatic carbocycles. The Morgan fingerprint density at radius 1 is 1.02 bits per heavy atom. The zero-order valence-corrected chi connectivity index (χ0v) is 25.0. The van der Waals surface area contributed by atoms with Gasteiger partial charge in [0.05, 0.1) is 6.61 Å². The minimum absolute atomic E-state index is 0.00804. The predicted molar refractivity (Wildman–Crippen MR) is 156 cm³/mol. The lowest BCUT2D eigenvalue weighted by Crippen LogP contribution is -2.72. The van der Waals surface area contributed by atoms with E-state index in [0.717, 1.165) is 36.8 Å². The van der Waals surface area contributed by atoms with E-state index in [1.165, 1.54) is 6.08 Å². The van der Waals surface area contributed by atoms with Crippen molar-refractivity contribution in [3.8, 4) is 0 Å². The maximum atomic E-state index is 12.9. The van der Waals surface area contributed by atoms with Crippen LogP contribution in [0.2, 0.25) is 5.02 Å². The lowest BCUT2D eigenvalue weighted by atomic mass is 9.58. The summed E-state index contributed by atoms with van der Waals surface area (Å²) in [6, 6.07) is 14.4. The Labute approximate surface area is 251 Å². The Kier molecular flexibility index (Phi) is 8.30. The Bertz CT molecular complexity index is 1330. The van der Waals surface area contributed by atoms with E-state index in [-0.39, 0.29) is 42.7 Å². The van der Waals surface area contributed by atoms with E-state index >= 15 is 0 Å². The van der Waals surface area contributed by atoms with E-state index in [2.05, 4.69) is 19.2 Å². The van der Waals surface area contributed by atoms with E-state index in [1.807, 2.05) is 31.2 Å². The van der Waals surface area contributed by atoms with Gasteiger partial charge in [0, 0.05) is 28.8 Å². The predicted octanol–water partition coefficient (Wildman–Crippen LogP) is 6.08. The number of rotatable bonds is 8. The number of ether oxygens (including phenoxy) is 3. The molecule has 2 bridgehead atoms. The number of halogens is 1. The van der Waals surface area contributed by atoms with Gasteiger partial charge in [-0.15, -0.1) is 0 Å². The quantitative estimate of drug-likeness (QED) is 0.225. The molecule has 8 atom stereocenters. The standard InChI is InChI=1S/C33H38ClNO7/c1-20-4-14-27-21(2)30(39-31-33(27)26(20)16-17-32(3,40-31)41-42-33)35-29(37)19-38-18-23-5-10-24(11-6-23)28(36)15-9-22-7-12-25(34)13-8-22/h5-13,15,20-21,26-27,30-31H,4,14,16-19H2,1-3H3,(H,35,37)/b15-9+/t20-,21-,26+,27+,30-,31-,32-,33-/m1/s1. The number of carbonyl (C=O) groups excluding carboxylic acids is 2. The van der Waals surface area contributed by atoms with Crippen molar-refractivity contribution in [1.82, 2.24) is 5.32 Å². The fourth-order valence-electron chi connectivity index (χ4n) is 7.14. The summed E-state index contributed by atoms with van der Waals surface area (Å²) in [5, 5.41) is 3.67. The fraction of sp³-hybridized carbons (Fsp3) is 0.515. The van der Waals surface area contributed by atoms with Crippen LogP contribution in [0.1, 0.15) is 67.9 Å². The van der Waals surface area contributed by atoms with Crippen LogP contribution in [0.4, 0.5) is 0 Å². The molecule has 8 nitrogen and oxygen atoms in total. The third kappa shape index (κ3) is 5.68. The van der Waals surface area contributed by atoms with Gasteiger partial charge in [-0.3, -0.25) is 9.59 Å². The first-order valence-corrected chi connectivity index (χ1v) is 15.2. The molecule has 1 aliphatic carbocycles. The average Bonchev–Trinajstić information content (AvgIpc) is 3.21. The van der Waals surface area contributed by atoms with Crippen molar-refractivity contribution in [2.24, 2.45) is 23.7 Å². The van der Waals surface area contributed by atoms with Crippen LogP contribution >= 0.6 is 11.6 Å². The molecule has 2 aromatic rings. The first kappa shape index (κ1) is 29.5. The number of hydrogen-bond donors (Lipinski definition) is 1. The van der Waals surface area contributed by atoms with Gasteiger partial charge in [0.2, 0.25) is 11.7 Å². The highest BCUT2D eigenvalue weighted by Crippen LogP contribution is 2.60. The smallest absolute Gasteiger partial charge is 0.248 e. The summed E-state index contributed by atoms with van der Waals surface area (Å²) in [5.41, 5.74) is 1.66. The summed E-state index contributed by atoms with van der Waals surface area (Å²) in [4.78, 5) is 37.5. The number of amides is 1. The van der Waals surface area contributed by atoms with Crippen molar-refractivity contribution in [2.45, 2.75) is 77.0 Å². The van der Waals surface area contributed by atoms with Gasteiger partial charge in [-0.1, -0.05) is 67.9 Å². The van der Waals surface area contributed by atoms with Gasteiger partial charge in [0.1, 0.15) is 12.8 Å². The molecular formula is C33H38ClNO7. The van der Waals surface area contributed by atoms with Gasteiger partial charge in [0.25, 0.3) is 0 Å². The van der Waals surface area contributed by atoms with Gasteiger partial charge < -0.3 is 19.5 Å². The Morgan fingerprint density at radius 3 is 2.55 bits per heavy atom. The van der Waals surface area contributed by atoms with E-state index in [0.29, 0.717) is 16.5 Å². The van der Waals surface area contributed by atoms with Gasteiger partial charge >= 0.3 is 0 Å². The van der Waals surface area contributed by atoms with E-state index in [1.54, 1.807) is 30.3 Å². The summed E-state index contributed by atoms with van der Waals surface area (Å²) in [7, 11) is 0. The van der Waals surface area contributed by atoms with Crippen LogP contribution in [-0.4, -0.2) is 42.2 Å². The second-order valence-electron chi connectivity index (χ2n) is 12.3. The largest absolute Gasteiger partial charge is 0.367 e. The molecule has 7 rings (SSSR count). The maximum absolute atomic E-state index is 12.9. The SMILES string of the molecule is C[C@H]1[C@H](NC(=O)COCc2ccc(C(=O)/C=C/c3ccc(Cl)cc3)cc2)O[C@@H]2O[C@@]3(C)CC[C@H]4[C@H](C)CC[C@@H]1[C@@]24OO3. The molecule has 5 aliphatic rings. The van der Waals surface area contributed by atoms with E-state index < -0.39 is 23.9 Å². The monoisotopic (exact) mass is 595 g/mol. The highest BCUT2D eigenvalue weighted by atomic mass is 35.5. The van der Waals surface area contributed by atoms with Crippen LogP contribution in [0.15, 0.2) is 54.6 Å². The average molecular weight is 596 g/mol. The van der Waals surface area contributed by atoms with Gasteiger partial charge in [-0.2, -0.15) is 0 Å². The van der Waals surface area contributed by atoms with Crippen LogP contribution < -0.4 is 5.32 Å². The van der Waals surface area contributed by atoms with Crippen molar-refractivity contribution in [3.05, 3.63) is 76.3 Å². The molecule has 4 saturated heterocycles. The van der Waals surface area contributed by atoms with Crippen molar-refractivity contribution >= 4 is 29.4 Å². The van der Waals surface area contributed by atoms with Gasteiger partial charge in [-0.25, -0.2) is 9.78 Å². The van der Waals surface area contributed by atoms with Crippen LogP contribution in [-0.2, 0) is 35.4 Å². The summed E-state index contributed by atoms with van der Waals surface area (Å²) in [6.07, 6.45) is 5.92. The molecule has 0 unspecified atom stereocenters. The highest BCUT2D eigenvalue weighted by molar-refractivity contribution is 6.30. The molecule has 0 aromatic heterocycles. The Balaban J connectivity index is 1.02. The molecule has 1 saturated carbocycles. The zero-order chi connectivity index (χ0) is 29.5. The molecule has 4 aliphatic heterocycles. The van der Waals surface area contributed by atoms with Gasteiger partial charge in [-0.05, 0) is 67.4 Å². The molecular weight excluding hydrogens is 558 g/mol. The number of hydrogen-bond acceptors (Lipinski definition) is 7.